The zero-order chi connectivity index (χ0) is 22.9. The predicted molar refractivity (Wildman–Crippen MR) is 119 cm³/mol. The quantitative estimate of drug-likeness (QED) is 0.0832. The number of rotatable bonds is 14. The van der Waals surface area contributed by atoms with E-state index in [1.165, 1.54) is 0 Å². The van der Waals surface area contributed by atoms with E-state index in [2.05, 4.69) is 4.66 Å². The van der Waals surface area contributed by atoms with Gasteiger partial charge in [0.05, 0.1) is 13.0 Å². The molecule has 0 atom stereocenters. The molecule has 4 radical (unpaired) electrons. The number of carbonyl (C=O) groups is 4. The van der Waals surface area contributed by atoms with Gasteiger partial charge in [-0.25, -0.2) is 0 Å². The smallest absolute Gasteiger partial charge is 0.313 e. The number of aliphatic hydroxyl groups is 1. The highest BCUT2D eigenvalue weighted by molar-refractivity contribution is 7.62. The second-order valence-electron chi connectivity index (χ2n) is 4.48. The van der Waals surface area contributed by atoms with E-state index < -0.39 is 16.5 Å². The zero-order valence-electron chi connectivity index (χ0n) is 15.4. The summed E-state index contributed by atoms with van der Waals surface area (Å²) in [4.78, 5) is 41.7. The first-order valence-electron chi connectivity index (χ1n) is 7.83. The standard InChI is InChI=1S/C7H11B2N2O3P2.C3H2Cl2O2.C2H6BNOP/c8-11-15-4-1-6(12)5-7(13)14-3-2-9-16-10;4-2(6)1-3(5)7;4-6-3-1-2-5/h10H,1-5H2;1H2;4-5H,1-2H2. The maximum absolute atomic E-state index is 11.2. The molecule has 0 aromatic heterocycles. The lowest BCUT2D eigenvalue weighted by Crippen LogP contribution is -2.12. The second-order valence-corrected chi connectivity index (χ2v) is 7.53. The summed E-state index contributed by atoms with van der Waals surface area (Å²) in [7, 11) is 6.47. The van der Waals surface area contributed by atoms with E-state index in [4.69, 9.17) is 51.4 Å². The Morgan fingerprint density at radius 1 is 1.03 bits per heavy atom. The molecule has 3 N–H and O–H groups in total. The summed E-state index contributed by atoms with van der Waals surface area (Å²) >= 11 is 9.46. The van der Waals surface area contributed by atoms with Gasteiger partial charge in [0.1, 0.15) is 12.2 Å². The van der Waals surface area contributed by atoms with Gasteiger partial charge in [0.15, 0.2) is 0 Å². The number of esters is 1. The summed E-state index contributed by atoms with van der Waals surface area (Å²) in [6.45, 7) is 3.76. The highest BCUT2D eigenvalue weighted by Crippen LogP contribution is 2.03. The Labute approximate surface area is 187 Å². The third-order valence-electron chi connectivity index (χ3n) is 2.14. The van der Waals surface area contributed by atoms with Crippen LogP contribution in [0.2, 0.25) is 12.6 Å². The molecule has 0 bridgehead atoms. The van der Waals surface area contributed by atoms with Crippen LogP contribution in [0.5, 0.6) is 0 Å². The summed E-state index contributed by atoms with van der Waals surface area (Å²) in [5.41, 5.74) is 0. The molecule has 156 valence electrons. The first-order valence-corrected chi connectivity index (χ1v) is 11.5. The minimum absolute atomic E-state index is 0.163. The van der Waals surface area contributed by atoms with E-state index in [0.29, 0.717) is 43.7 Å². The van der Waals surface area contributed by atoms with Crippen molar-refractivity contribution in [3.05, 3.63) is 0 Å². The topological polar surface area (TPSA) is 158 Å². The number of ether oxygens (including phenoxy) is 1. The molecule has 29 heavy (non-hydrogen) atoms. The maximum atomic E-state index is 11.2. The van der Waals surface area contributed by atoms with E-state index in [-0.39, 0.29) is 38.3 Å². The third-order valence-corrected chi connectivity index (χ3v) is 3.88. The number of halogens is 2. The van der Waals surface area contributed by atoms with Crippen LogP contribution >= 0.6 is 48.1 Å². The van der Waals surface area contributed by atoms with E-state index in [1.54, 1.807) is 14.0 Å². The molecule has 0 heterocycles. The fourth-order valence-corrected chi connectivity index (χ4v) is 2.31. The number of Topliss-reactive ketones (excluding diaryl/α,β-unsaturated/α-hetero) is 1. The number of hydrogen-bond donors (Lipinski definition) is 3. The summed E-state index contributed by atoms with van der Waals surface area (Å²) in [6, 6.07) is 0. The molecule has 0 aromatic carbocycles. The van der Waals surface area contributed by atoms with Gasteiger partial charge in [-0.2, -0.15) is 0 Å². The lowest BCUT2D eigenvalue weighted by molar-refractivity contribution is -0.145. The molecule has 0 aliphatic carbocycles. The van der Waals surface area contributed by atoms with Crippen LogP contribution in [0.3, 0.4) is 0 Å². The molecule has 0 rings (SSSR count). The van der Waals surface area contributed by atoms with Gasteiger partial charge in [-0.3, -0.25) is 29.5 Å². The Kier molecular flexibility index (Phi) is 31.5. The average molecular weight is 498 g/mol. The van der Waals surface area contributed by atoms with Crippen molar-refractivity contribution >= 4 is 92.3 Å². The fourth-order valence-electron chi connectivity index (χ4n) is 1.05. The van der Waals surface area contributed by atoms with Crippen LogP contribution < -0.4 is 0 Å². The van der Waals surface area contributed by atoms with Gasteiger partial charge >= 0.3 is 5.97 Å². The average Bonchev–Trinajstić information content (AvgIpc) is 2.63. The SMILES string of the molecule is N=P[B]CCO.O=C(Cl)CC(=O)Cl.[B]N=PCCC(=O)CC(=O)OCC[B]P=N. The van der Waals surface area contributed by atoms with Crippen LogP contribution in [0.4, 0.5) is 0 Å². The van der Waals surface area contributed by atoms with Crippen LogP contribution in [0, 0.1) is 10.3 Å². The Bertz CT molecular complexity index is 538. The minimum atomic E-state index is -0.722. The van der Waals surface area contributed by atoms with Gasteiger partial charge in [0.2, 0.25) is 24.5 Å². The summed E-state index contributed by atoms with van der Waals surface area (Å²) in [5.74, 6) is -0.676. The Hall–Kier alpha value is -0.485. The maximum Gasteiger partial charge on any atom is 0.313 e. The van der Waals surface area contributed by atoms with Crippen molar-refractivity contribution in [2.45, 2.75) is 31.9 Å². The molecule has 0 saturated carbocycles. The highest BCUT2D eigenvalue weighted by Gasteiger charge is 2.09. The van der Waals surface area contributed by atoms with Crippen molar-refractivity contribution in [1.29, 1.82) is 10.3 Å². The summed E-state index contributed by atoms with van der Waals surface area (Å²) in [5, 5.41) is 19.9. The minimum Gasteiger partial charge on any atom is -0.466 e. The molecule has 9 nitrogen and oxygen atoms in total. The molecular weight excluding hydrogens is 478 g/mol. The molecule has 0 spiro atoms. The van der Waals surface area contributed by atoms with Crippen LogP contribution in [-0.4, -0.2) is 68.7 Å². The van der Waals surface area contributed by atoms with E-state index in [9.17, 15) is 19.2 Å². The van der Waals surface area contributed by atoms with Gasteiger partial charge in [-0.15, -0.1) is 0 Å². The Morgan fingerprint density at radius 2 is 1.59 bits per heavy atom. The van der Waals surface area contributed by atoms with Crippen molar-refractivity contribution < 1.29 is 29.0 Å². The molecule has 0 aromatic rings. The van der Waals surface area contributed by atoms with Gasteiger partial charge < -0.3 is 14.5 Å². The van der Waals surface area contributed by atoms with Crippen molar-refractivity contribution in [2.75, 3.05) is 19.4 Å². The van der Waals surface area contributed by atoms with Crippen LogP contribution in [0.15, 0.2) is 4.66 Å². The molecule has 0 unspecified atom stereocenters. The Balaban J connectivity index is -0.000000427. The monoisotopic (exact) mass is 497 g/mol. The molecule has 0 aliphatic heterocycles. The Morgan fingerprint density at radius 3 is 1.97 bits per heavy atom. The van der Waals surface area contributed by atoms with Gasteiger partial charge in [-0.1, -0.05) is 16.5 Å². The van der Waals surface area contributed by atoms with Crippen LogP contribution in [0.25, 0.3) is 0 Å². The van der Waals surface area contributed by atoms with Crippen molar-refractivity contribution in [1.82, 2.24) is 0 Å². The number of ketones is 1. The van der Waals surface area contributed by atoms with E-state index >= 15 is 0 Å². The lowest BCUT2D eigenvalue weighted by Gasteiger charge is -2.01. The number of aliphatic hydroxyl groups excluding tert-OH is 1. The predicted octanol–water partition coefficient (Wildman–Crippen LogP) is 3.47. The van der Waals surface area contributed by atoms with Gasteiger partial charge in [0, 0.05) is 19.2 Å². The molecular formula is C12H19B3Cl2N3O6P3. The molecule has 0 aliphatic rings. The number of carbonyl (C=O) groups excluding carboxylic acids is 4. The second kappa shape index (κ2) is 27.5. The number of nitrogens with one attached hydrogen (secondary N) is 2. The van der Waals surface area contributed by atoms with E-state index in [1.807, 2.05) is 0 Å². The van der Waals surface area contributed by atoms with Crippen LogP contribution in [-0.2, 0) is 23.9 Å². The molecule has 0 fully saturated rings. The zero-order valence-corrected chi connectivity index (χ0v) is 19.6. The summed E-state index contributed by atoms with van der Waals surface area (Å²) < 4.78 is 8.13. The van der Waals surface area contributed by atoms with Crippen molar-refractivity contribution in [3.63, 3.8) is 0 Å². The van der Waals surface area contributed by atoms with Crippen molar-refractivity contribution in [3.8, 4) is 0 Å². The molecule has 17 heteroatoms. The summed E-state index contributed by atoms with van der Waals surface area (Å²) in [6.07, 6.45) is 1.42. The first kappa shape index (κ1) is 33.2. The largest absolute Gasteiger partial charge is 0.466 e. The number of nitrogens with zero attached hydrogens (tertiary/aromatic N) is 1. The third kappa shape index (κ3) is 38.7. The number of hydrogen-bond acceptors (Lipinski definition) is 9. The van der Waals surface area contributed by atoms with Crippen molar-refractivity contribution in [2.24, 2.45) is 4.66 Å². The molecule has 0 saturated heterocycles. The molecule has 0 amide bonds. The van der Waals surface area contributed by atoms with Crippen LogP contribution in [0.1, 0.15) is 19.3 Å². The normalized spacial score (nSPS) is 9.62. The first-order chi connectivity index (χ1) is 13.7. The highest BCUT2D eigenvalue weighted by atomic mass is 35.5. The fraction of sp³-hybridized carbons (Fsp3) is 0.667. The lowest BCUT2D eigenvalue weighted by atomic mass is 10.0. The van der Waals surface area contributed by atoms with Gasteiger partial charge in [0.25, 0.3) is 7.98 Å². The van der Waals surface area contributed by atoms with Gasteiger partial charge in [-0.05, 0) is 44.2 Å². The van der Waals surface area contributed by atoms with E-state index in [0.717, 1.165) is 0 Å².